The first-order chi connectivity index (χ1) is 22.7. The van der Waals surface area contributed by atoms with E-state index in [1.54, 1.807) is 0 Å². The molecule has 0 N–H and O–H groups in total. The van der Waals surface area contributed by atoms with Crippen molar-refractivity contribution in [2.75, 3.05) is 0 Å². The van der Waals surface area contributed by atoms with Crippen LogP contribution in [0.4, 0.5) is 0 Å². The highest BCUT2D eigenvalue weighted by molar-refractivity contribution is 7.86. The van der Waals surface area contributed by atoms with E-state index in [1.165, 1.54) is 0 Å². The first-order valence-electron chi connectivity index (χ1n) is 15.4. The van der Waals surface area contributed by atoms with E-state index in [2.05, 4.69) is 54.6 Å². The molecule has 0 unspecified atom stereocenters. The van der Waals surface area contributed by atoms with Crippen LogP contribution in [0.25, 0.3) is 55.4 Å². The van der Waals surface area contributed by atoms with E-state index in [1.807, 2.05) is 121 Å². The predicted octanol–water partition coefficient (Wildman–Crippen LogP) is 9.42. The van der Waals surface area contributed by atoms with Crippen LogP contribution >= 0.6 is 7.14 Å². The second-order valence-electron chi connectivity index (χ2n) is 11.3. The van der Waals surface area contributed by atoms with Gasteiger partial charge in [0.1, 0.15) is 0 Å². The lowest BCUT2D eigenvalue weighted by atomic mass is 9.95. The summed E-state index contributed by atoms with van der Waals surface area (Å²) >= 11 is 0. The van der Waals surface area contributed by atoms with Gasteiger partial charge in [0.05, 0.1) is 11.4 Å². The van der Waals surface area contributed by atoms with Gasteiger partial charge in [-0.2, -0.15) is 0 Å². The molecule has 1 aromatic heterocycles. The number of rotatable bonds is 6. The largest absolute Gasteiger partial charge is 0.309 e. The lowest BCUT2D eigenvalue weighted by Crippen LogP contribution is -2.26. The van der Waals surface area contributed by atoms with Crippen molar-refractivity contribution in [1.29, 1.82) is 0 Å². The van der Waals surface area contributed by atoms with Gasteiger partial charge in [0, 0.05) is 32.6 Å². The van der Waals surface area contributed by atoms with Crippen LogP contribution in [0.2, 0.25) is 0 Å². The van der Waals surface area contributed by atoms with Gasteiger partial charge in [-0.15, -0.1) is 0 Å². The summed E-state index contributed by atoms with van der Waals surface area (Å²) in [4.78, 5) is 10.5. The fraction of sp³-hybridized carbons (Fsp3) is 0. The molecule has 0 amide bonds. The molecule has 1 heterocycles. The summed E-state index contributed by atoms with van der Waals surface area (Å²) in [5.74, 6) is 0.633. The molecule has 8 aromatic rings. The van der Waals surface area contributed by atoms with Crippen molar-refractivity contribution in [3.63, 3.8) is 0 Å². The summed E-state index contributed by atoms with van der Waals surface area (Å²) in [6.07, 6.45) is 0. The third-order valence-electron chi connectivity index (χ3n) is 8.55. The van der Waals surface area contributed by atoms with Crippen molar-refractivity contribution in [3.8, 4) is 33.9 Å². The number of benzene rings is 7. The molecular formula is C42H29N2OP. The summed E-state index contributed by atoms with van der Waals surface area (Å²) in [6, 6.07) is 58.9. The fourth-order valence-corrected chi connectivity index (χ4v) is 9.51. The second kappa shape index (κ2) is 11.7. The molecule has 46 heavy (non-hydrogen) atoms. The van der Waals surface area contributed by atoms with Gasteiger partial charge >= 0.3 is 0 Å². The molecule has 4 heteroatoms. The first-order valence-corrected chi connectivity index (χ1v) is 17.1. The van der Waals surface area contributed by atoms with Crippen molar-refractivity contribution < 1.29 is 4.57 Å². The molecule has 8 rings (SSSR count). The molecule has 3 nitrogen and oxygen atoms in total. The second-order valence-corrected chi connectivity index (χ2v) is 14.0. The van der Waals surface area contributed by atoms with Gasteiger partial charge in [-0.05, 0) is 27.6 Å². The summed E-state index contributed by atoms with van der Waals surface area (Å²) < 4.78 is 15.9. The number of nitrogens with zero attached hydrogens (tertiary/aromatic N) is 2. The van der Waals surface area contributed by atoms with Crippen LogP contribution in [0.3, 0.4) is 0 Å². The van der Waals surface area contributed by atoms with E-state index in [9.17, 15) is 0 Å². The molecule has 0 fully saturated rings. The zero-order valence-electron chi connectivity index (χ0n) is 25.0. The lowest BCUT2D eigenvalue weighted by molar-refractivity contribution is 0.593. The SMILES string of the molecule is O=P(c1ccccc1)(c1ccccc1)c1c2ccccc2c(-c2nc(-c3ccccc3)cc(-c3ccccc3)n2)c2ccccc12. The maximum Gasteiger partial charge on any atom is 0.172 e. The smallest absolute Gasteiger partial charge is 0.172 e. The normalized spacial score (nSPS) is 11.6. The maximum absolute atomic E-state index is 15.9. The van der Waals surface area contributed by atoms with Gasteiger partial charge in [-0.25, -0.2) is 9.97 Å². The quantitative estimate of drug-likeness (QED) is 0.140. The molecule has 0 bridgehead atoms. The van der Waals surface area contributed by atoms with E-state index in [4.69, 9.17) is 9.97 Å². The van der Waals surface area contributed by atoms with Gasteiger partial charge in [0.2, 0.25) is 0 Å². The van der Waals surface area contributed by atoms with Crippen LogP contribution in [0.5, 0.6) is 0 Å². The number of fused-ring (bicyclic) bond motifs is 2. The van der Waals surface area contributed by atoms with Crippen molar-refractivity contribution in [2.24, 2.45) is 0 Å². The Morgan fingerprint density at radius 3 is 1.15 bits per heavy atom. The summed E-state index contributed by atoms with van der Waals surface area (Å²) in [6.45, 7) is 0. The van der Waals surface area contributed by atoms with E-state index in [-0.39, 0.29) is 0 Å². The molecule has 7 aromatic carbocycles. The van der Waals surface area contributed by atoms with E-state index < -0.39 is 7.14 Å². The number of aromatic nitrogens is 2. The minimum absolute atomic E-state index is 0.633. The maximum atomic E-state index is 15.9. The third kappa shape index (κ3) is 4.74. The Kier molecular flexibility index (Phi) is 7.10. The van der Waals surface area contributed by atoms with Gasteiger partial charge in [0.15, 0.2) is 13.0 Å². The highest BCUT2D eigenvalue weighted by Crippen LogP contribution is 2.49. The first kappa shape index (κ1) is 27.9. The standard InChI is InChI=1S/C42H29N2OP/c45-46(32-21-9-3-10-22-32,33-23-11-4-12-24-33)41-36-27-15-13-25-34(36)40(35-26-14-16-28-37(35)41)42-43-38(30-17-5-1-6-18-30)29-39(44-42)31-19-7-2-8-20-31/h1-29H. The van der Waals surface area contributed by atoms with Crippen LogP contribution in [0.1, 0.15) is 0 Å². The zero-order valence-corrected chi connectivity index (χ0v) is 25.9. The molecule has 218 valence electrons. The van der Waals surface area contributed by atoms with Crippen molar-refractivity contribution in [2.45, 2.75) is 0 Å². The highest BCUT2D eigenvalue weighted by Gasteiger charge is 2.34. The summed E-state index contributed by atoms with van der Waals surface area (Å²) in [5, 5.41) is 6.24. The highest BCUT2D eigenvalue weighted by atomic mass is 31.2. The average Bonchev–Trinajstić information content (AvgIpc) is 3.14. The molecular weight excluding hydrogens is 579 g/mol. The van der Waals surface area contributed by atoms with Crippen molar-refractivity contribution in [3.05, 3.63) is 176 Å². The molecule has 0 saturated carbocycles. The molecule has 0 aliphatic heterocycles. The van der Waals surface area contributed by atoms with E-state index in [0.717, 1.165) is 65.5 Å². The number of hydrogen-bond donors (Lipinski definition) is 0. The molecule has 0 radical (unpaired) electrons. The monoisotopic (exact) mass is 608 g/mol. The van der Waals surface area contributed by atoms with Gasteiger partial charge < -0.3 is 4.57 Å². The zero-order chi connectivity index (χ0) is 30.9. The topological polar surface area (TPSA) is 42.9 Å². The Bertz CT molecular complexity index is 2220. The minimum atomic E-state index is -3.33. The lowest BCUT2D eigenvalue weighted by Gasteiger charge is -2.25. The van der Waals surface area contributed by atoms with Crippen LogP contribution in [-0.2, 0) is 4.57 Å². The average molecular weight is 609 g/mol. The molecule has 0 spiro atoms. The van der Waals surface area contributed by atoms with Crippen LogP contribution < -0.4 is 15.9 Å². The Morgan fingerprint density at radius 2 is 0.739 bits per heavy atom. The summed E-state index contributed by atoms with van der Waals surface area (Å²) in [5.41, 5.74) is 4.66. The minimum Gasteiger partial charge on any atom is -0.309 e. The Morgan fingerprint density at radius 1 is 0.391 bits per heavy atom. The Hall–Kier alpha value is -5.63. The molecule has 0 atom stereocenters. The van der Waals surface area contributed by atoms with Crippen molar-refractivity contribution in [1.82, 2.24) is 9.97 Å². The van der Waals surface area contributed by atoms with Gasteiger partial charge in [-0.1, -0.05) is 170 Å². The van der Waals surface area contributed by atoms with Crippen molar-refractivity contribution >= 4 is 44.6 Å². The summed E-state index contributed by atoms with van der Waals surface area (Å²) in [7, 11) is -3.33. The van der Waals surface area contributed by atoms with Gasteiger partial charge in [0.25, 0.3) is 0 Å². The van der Waals surface area contributed by atoms with Crippen LogP contribution in [0, 0.1) is 0 Å². The van der Waals surface area contributed by atoms with Gasteiger partial charge in [-0.3, -0.25) is 0 Å². The molecule has 0 saturated heterocycles. The number of hydrogen-bond acceptors (Lipinski definition) is 3. The molecule has 0 aliphatic rings. The Balaban J connectivity index is 1.50. The van der Waals surface area contributed by atoms with E-state index >= 15 is 4.57 Å². The van der Waals surface area contributed by atoms with E-state index in [0.29, 0.717) is 5.82 Å². The third-order valence-corrected chi connectivity index (χ3v) is 11.7. The Labute approximate surface area is 268 Å². The van der Waals surface area contributed by atoms with Crippen LogP contribution in [-0.4, -0.2) is 9.97 Å². The predicted molar refractivity (Wildman–Crippen MR) is 193 cm³/mol. The fourth-order valence-electron chi connectivity index (χ4n) is 6.44. The van der Waals surface area contributed by atoms with Crippen LogP contribution in [0.15, 0.2) is 176 Å². The molecule has 0 aliphatic carbocycles.